The molecule has 0 bridgehead atoms. The Bertz CT molecular complexity index is 3030. The summed E-state index contributed by atoms with van der Waals surface area (Å²) in [4.78, 5) is 4.72. The molecule has 0 aliphatic carbocycles. The first kappa shape index (κ1) is 33.5. The number of para-hydroxylation sites is 7. The fourth-order valence-electron chi connectivity index (χ4n) is 8.73. The summed E-state index contributed by atoms with van der Waals surface area (Å²) in [6, 6.07) is 82.9. The Morgan fingerprint density at radius 2 is 0.552 bits per heavy atom. The van der Waals surface area contributed by atoms with Gasteiger partial charge in [-0.2, -0.15) is 0 Å². The molecule has 2 heterocycles. The highest BCUT2D eigenvalue weighted by Gasteiger charge is 2.22. The minimum absolute atomic E-state index is 1.05. The lowest BCUT2D eigenvalue weighted by Gasteiger charge is -2.30. The number of rotatable bonds is 8. The summed E-state index contributed by atoms with van der Waals surface area (Å²) in [5, 5.41) is 4.87. The summed E-state index contributed by atoms with van der Waals surface area (Å²) in [5.74, 6) is 0. The third-order valence-electron chi connectivity index (χ3n) is 11.2. The van der Waals surface area contributed by atoms with E-state index >= 15 is 0 Å². The zero-order valence-corrected chi connectivity index (χ0v) is 31.7. The molecule has 9 aromatic carbocycles. The Morgan fingerprint density at radius 1 is 0.224 bits per heavy atom. The minimum Gasteiger partial charge on any atom is -0.310 e. The van der Waals surface area contributed by atoms with Gasteiger partial charge in [-0.15, -0.1) is 0 Å². The zero-order chi connectivity index (χ0) is 38.4. The molecule has 11 rings (SSSR count). The number of hydrogen-bond donors (Lipinski definition) is 0. The maximum atomic E-state index is 2.47. The van der Waals surface area contributed by atoms with Gasteiger partial charge in [0.1, 0.15) is 0 Å². The zero-order valence-electron chi connectivity index (χ0n) is 31.7. The van der Waals surface area contributed by atoms with Crippen LogP contribution >= 0.6 is 0 Å². The van der Waals surface area contributed by atoms with E-state index in [1.54, 1.807) is 0 Å². The summed E-state index contributed by atoms with van der Waals surface area (Å²) in [5.41, 5.74) is 13.3. The third kappa shape index (κ3) is 5.62. The van der Waals surface area contributed by atoms with Crippen molar-refractivity contribution in [3.63, 3.8) is 0 Å². The number of aromatic nitrogens is 2. The molecule has 0 aliphatic heterocycles. The molecule has 0 radical (unpaired) electrons. The van der Waals surface area contributed by atoms with Gasteiger partial charge in [-0.3, -0.25) is 0 Å². The molecule has 4 nitrogen and oxygen atoms in total. The maximum Gasteiger partial charge on any atom is 0.0548 e. The SMILES string of the molecule is c1ccc(N(c2ccccc2)c2cc(N(c3ccccc3)c3ccccc3)cc(-n3c4ccccc4c4cc5c(cc43)c3ccccc3n5-c3ccccc3)c2)cc1. The van der Waals surface area contributed by atoms with Gasteiger partial charge in [0, 0.05) is 50.0 Å². The first-order valence-corrected chi connectivity index (χ1v) is 19.8. The van der Waals surface area contributed by atoms with Gasteiger partial charge in [0.15, 0.2) is 0 Å². The Balaban J connectivity index is 1.25. The standard InChI is InChI=1S/C54H38N4/c1-6-20-39(21-7-1)55(40-22-8-2-9-23-40)44-34-45(56(41-24-10-3-11-25-41)42-26-12-4-13-27-42)36-46(35-44)58-52-33-19-17-31-48(52)50-37-53-49(38-54(50)58)47-30-16-18-32-51(47)57(53)43-28-14-5-15-29-43/h1-38H. The van der Waals surface area contributed by atoms with Gasteiger partial charge in [-0.25, -0.2) is 0 Å². The molecule has 4 heteroatoms. The molecule has 11 aromatic rings. The first-order valence-electron chi connectivity index (χ1n) is 19.8. The van der Waals surface area contributed by atoms with Crippen molar-refractivity contribution in [2.24, 2.45) is 0 Å². The molecule has 0 spiro atoms. The van der Waals surface area contributed by atoms with Crippen LogP contribution in [0.4, 0.5) is 34.1 Å². The molecule has 274 valence electrons. The van der Waals surface area contributed by atoms with Gasteiger partial charge in [-0.1, -0.05) is 127 Å². The van der Waals surface area contributed by atoms with E-state index in [0.29, 0.717) is 0 Å². The number of benzene rings is 9. The minimum atomic E-state index is 1.05. The predicted octanol–water partition coefficient (Wildman–Crippen LogP) is 14.8. The number of anilines is 6. The van der Waals surface area contributed by atoms with E-state index < -0.39 is 0 Å². The van der Waals surface area contributed by atoms with Crippen molar-refractivity contribution in [3.8, 4) is 11.4 Å². The van der Waals surface area contributed by atoms with Gasteiger partial charge >= 0.3 is 0 Å². The van der Waals surface area contributed by atoms with Gasteiger partial charge in [-0.05, 0) is 103 Å². The summed E-state index contributed by atoms with van der Waals surface area (Å²) < 4.78 is 4.87. The molecule has 0 saturated heterocycles. The van der Waals surface area contributed by atoms with Crippen LogP contribution in [0.5, 0.6) is 0 Å². The average molecular weight is 743 g/mol. The maximum absolute atomic E-state index is 2.47. The quantitative estimate of drug-likeness (QED) is 0.154. The molecule has 0 aliphatic rings. The highest BCUT2D eigenvalue weighted by molar-refractivity contribution is 6.19. The lowest BCUT2D eigenvalue weighted by Crippen LogP contribution is -2.14. The van der Waals surface area contributed by atoms with Crippen LogP contribution in [-0.4, -0.2) is 9.13 Å². The first-order chi connectivity index (χ1) is 28.8. The van der Waals surface area contributed by atoms with Crippen molar-refractivity contribution in [3.05, 3.63) is 231 Å². The van der Waals surface area contributed by atoms with E-state index in [9.17, 15) is 0 Å². The van der Waals surface area contributed by atoms with Crippen molar-refractivity contribution in [1.29, 1.82) is 0 Å². The van der Waals surface area contributed by atoms with Crippen LogP contribution in [-0.2, 0) is 0 Å². The summed E-state index contributed by atoms with van der Waals surface area (Å²) in [6.07, 6.45) is 0. The number of fused-ring (bicyclic) bond motifs is 6. The monoisotopic (exact) mass is 742 g/mol. The van der Waals surface area contributed by atoms with E-state index in [1.165, 1.54) is 32.6 Å². The topological polar surface area (TPSA) is 16.3 Å². The fourth-order valence-corrected chi connectivity index (χ4v) is 8.73. The molecule has 58 heavy (non-hydrogen) atoms. The molecule has 0 unspecified atom stereocenters. The lowest BCUT2D eigenvalue weighted by molar-refractivity contribution is 1.16. The van der Waals surface area contributed by atoms with Crippen molar-refractivity contribution < 1.29 is 0 Å². The summed E-state index contributed by atoms with van der Waals surface area (Å²) in [6.45, 7) is 0. The highest BCUT2D eigenvalue weighted by atomic mass is 15.2. The van der Waals surface area contributed by atoms with Crippen LogP contribution in [0.2, 0.25) is 0 Å². The van der Waals surface area contributed by atoms with Crippen LogP contribution in [0.25, 0.3) is 55.0 Å². The van der Waals surface area contributed by atoms with Crippen LogP contribution < -0.4 is 9.80 Å². The molecule has 0 N–H and O–H groups in total. The van der Waals surface area contributed by atoms with Gasteiger partial charge in [0.2, 0.25) is 0 Å². The highest BCUT2D eigenvalue weighted by Crippen LogP contribution is 2.45. The summed E-state index contributed by atoms with van der Waals surface area (Å²) >= 11 is 0. The smallest absolute Gasteiger partial charge is 0.0548 e. The molecule has 0 saturated carbocycles. The Labute approximate surface area is 337 Å². The predicted molar refractivity (Wildman–Crippen MR) is 244 cm³/mol. The fraction of sp³-hybridized carbons (Fsp3) is 0. The second-order valence-corrected chi connectivity index (χ2v) is 14.6. The second-order valence-electron chi connectivity index (χ2n) is 14.6. The molecule has 0 fully saturated rings. The summed E-state index contributed by atoms with van der Waals surface area (Å²) in [7, 11) is 0. The van der Waals surface area contributed by atoms with E-state index in [4.69, 9.17) is 0 Å². The molecular weight excluding hydrogens is 705 g/mol. The average Bonchev–Trinajstić information content (AvgIpc) is 3.79. The van der Waals surface area contributed by atoms with E-state index in [-0.39, 0.29) is 0 Å². The largest absolute Gasteiger partial charge is 0.310 e. The van der Waals surface area contributed by atoms with Crippen LogP contribution in [0.3, 0.4) is 0 Å². The molecular formula is C54H38N4. The molecule has 0 atom stereocenters. The molecule has 0 amide bonds. The van der Waals surface area contributed by atoms with Crippen LogP contribution in [0.1, 0.15) is 0 Å². The van der Waals surface area contributed by atoms with Crippen LogP contribution in [0, 0.1) is 0 Å². The Kier molecular flexibility index (Phi) is 8.11. The van der Waals surface area contributed by atoms with Crippen LogP contribution in [0.15, 0.2) is 231 Å². The van der Waals surface area contributed by atoms with E-state index in [2.05, 4.69) is 249 Å². The van der Waals surface area contributed by atoms with Crippen molar-refractivity contribution in [2.45, 2.75) is 0 Å². The second kappa shape index (κ2) is 14.0. The van der Waals surface area contributed by atoms with Crippen molar-refractivity contribution in [2.75, 3.05) is 9.80 Å². The van der Waals surface area contributed by atoms with Gasteiger partial charge < -0.3 is 18.9 Å². The lowest BCUT2D eigenvalue weighted by atomic mass is 10.1. The van der Waals surface area contributed by atoms with E-state index in [1.807, 2.05) is 0 Å². The van der Waals surface area contributed by atoms with Crippen molar-refractivity contribution in [1.82, 2.24) is 9.13 Å². The normalized spacial score (nSPS) is 11.4. The Morgan fingerprint density at radius 3 is 0.948 bits per heavy atom. The number of hydrogen-bond acceptors (Lipinski definition) is 2. The van der Waals surface area contributed by atoms with Crippen molar-refractivity contribution >= 4 is 77.7 Å². The van der Waals surface area contributed by atoms with Gasteiger partial charge in [0.05, 0.1) is 39.1 Å². The third-order valence-corrected chi connectivity index (χ3v) is 11.2. The molecule has 2 aromatic heterocycles. The number of nitrogens with zero attached hydrogens (tertiary/aromatic N) is 4. The van der Waals surface area contributed by atoms with E-state index in [0.717, 1.165) is 56.5 Å². The van der Waals surface area contributed by atoms with Gasteiger partial charge in [0.25, 0.3) is 0 Å². The Hall–Kier alpha value is -7.82.